The van der Waals surface area contributed by atoms with Crippen molar-refractivity contribution in [1.82, 2.24) is 24.5 Å². The summed E-state index contributed by atoms with van der Waals surface area (Å²) in [5.41, 5.74) is -0.744. The fourth-order valence-corrected chi connectivity index (χ4v) is 36.6. The van der Waals surface area contributed by atoms with Crippen molar-refractivity contribution < 1.29 is 44.4 Å². The van der Waals surface area contributed by atoms with Gasteiger partial charge in [-0.25, -0.2) is 0 Å². The Morgan fingerprint density at radius 1 is 0.267 bits per heavy atom. The summed E-state index contributed by atoms with van der Waals surface area (Å²) in [5.74, 6) is 22.0. The Kier molecular flexibility index (Phi) is 26.4. The molecule has 0 bridgehead atoms. The molecule has 0 aromatic rings. The van der Waals surface area contributed by atoms with Gasteiger partial charge in [-0.3, -0.25) is 43.6 Å². The molecule has 16 aliphatic carbocycles. The van der Waals surface area contributed by atoms with Gasteiger partial charge in [0, 0.05) is 76.4 Å². The molecular formula is C106H175N5O9. The van der Waals surface area contributed by atoms with Gasteiger partial charge >= 0.3 is 0 Å². The Morgan fingerprint density at radius 2 is 0.550 bits per heavy atom. The van der Waals surface area contributed by atoms with E-state index in [0.29, 0.717) is 73.0 Å². The van der Waals surface area contributed by atoms with Gasteiger partial charge in [0.2, 0.25) is 5.91 Å². The summed E-state index contributed by atoms with van der Waals surface area (Å²) in [5, 5.41) is 42.4. The summed E-state index contributed by atoms with van der Waals surface area (Å²) in [6, 6.07) is 0. The molecule has 0 spiro atoms. The molecule has 678 valence electrons. The summed E-state index contributed by atoms with van der Waals surface area (Å²) in [6.45, 7) is 39.4. The molecular weight excluding hydrogens is 1490 g/mol. The molecule has 0 radical (unpaired) electrons. The van der Waals surface area contributed by atoms with Crippen molar-refractivity contribution in [3.05, 3.63) is 0 Å². The Balaban J connectivity index is 0.000000114. The molecule has 20 aliphatic rings. The van der Waals surface area contributed by atoms with Crippen LogP contribution in [0, 0.1) is 181 Å². The van der Waals surface area contributed by atoms with E-state index in [2.05, 4.69) is 88.8 Å². The third-order valence-corrected chi connectivity index (χ3v) is 42.6. The van der Waals surface area contributed by atoms with E-state index in [1.165, 1.54) is 180 Å². The highest BCUT2D eigenvalue weighted by Crippen LogP contribution is 2.70. The lowest BCUT2D eigenvalue weighted by Crippen LogP contribution is -2.52. The van der Waals surface area contributed by atoms with Crippen LogP contribution in [0.2, 0.25) is 0 Å². The summed E-state index contributed by atoms with van der Waals surface area (Å²) < 4.78 is 0. The van der Waals surface area contributed by atoms with Crippen molar-refractivity contribution in [3.63, 3.8) is 0 Å². The van der Waals surface area contributed by atoms with E-state index in [4.69, 9.17) is 0 Å². The molecule has 4 aliphatic heterocycles. The quantitative estimate of drug-likeness (QED) is 0.145. The predicted molar refractivity (Wildman–Crippen MR) is 479 cm³/mol. The lowest BCUT2D eigenvalue weighted by molar-refractivity contribution is -0.135. The molecule has 1 amide bonds. The van der Waals surface area contributed by atoms with E-state index in [-0.39, 0.29) is 33.5 Å². The SMILES string of the molecule is CC(=O)N1CCN(CC(=O)[C@H]2CC[C@H]3[C@@H]4CC[C@@H]5C[C@](C)(O)CC[C@@H]5[C@H]4CC[C@]23C)CC1.CC1CCCN(CC(=O)[C@H]2CC[C@H]3[C@@H]4CC[C@H]5C[C@](C)(O)CC[C@@H]5[C@H]4CC[C@]23C)C1.CC1CCN(CC(=O)[C@H]2CC[C@H]3[C@@H]4CC[C@H]5C[C@](C)(O)CC[C@@H]5[C@H]4CC[C@]23C)CC1.CC1CN(CC(=O)[C@H]2CC[C@H]3[C@@H]4CC[C@H]5C[C@](C)(O)CC[C@@H]5[C@H]4CC[C@]23C)C1. The van der Waals surface area contributed by atoms with Gasteiger partial charge in [0.1, 0.15) is 23.1 Å². The first-order valence-electron chi connectivity index (χ1n) is 52.1. The summed E-state index contributed by atoms with van der Waals surface area (Å²) in [7, 11) is 0. The third kappa shape index (κ3) is 17.9. The molecule has 4 saturated heterocycles. The van der Waals surface area contributed by atoms with E-state index in [9.17, 15) is 44.4 Å². The van der Waals surface area contributed by atoms with Crippen molar-refractivity contribution in [2.45, 2.75) is 362 Å². The number of piperazine rings is 1. The van der Waals surface area contributed by atoms with E-state index < -0.39 is 22.4 Å². The third-order valence-electron chi connectivity index (χ3n) is 42.6. The summed E-state index contributed by atoms with van der Waals surface area (Å²) in [4.78, 5) is 76.7. The fraction of sp³-hybridized carbons (Fsp3) is 0.953. The standard InChI is InChI=1S/C27H44N2O3.2C27H45NO2.C25H41NO2/c1-18(30)29-14-12-28(13-15-29)17-25(31)24-7-6-23-22-5-4-19-16-26(2,32)10-8-20(19)21(22)9-11-27(23,24)3;1-18-10-14-28(15-11-18)17-25(29)24-7-6-23-22-5-4-19-16-26(2,30)12-8-20(19)21(22)9-13-27(23,24)3;1-18-5-4-14-28(16-18)17-25(29)24-9-8-23-22-7-6-19-15-26(2,30)12-10-20(19)21(22)11-13-27(23,24)3;1-16-13-26(14-16)15-23(27)22-7-6-21-20-5-4-17-12-24(2,28)10-8-18(17)19(20)9-11-25(21,22)3/h19-24,32H,4-17H2,1-3H3;2*18-24,30H,4-17H2,1-3H3;16-22,28H,4-15H2,1-3H3/t19-,20+,21-,22-,23+,24-,26-,27+;19-,20-,21+,22+,23-,24+,26+,27-;18?,19-,20-,21+,22+,23-,24+,26+,27-;17-,18-,19+,20+,21-,22+,24+,25-/m1000/s1. The highest BCUT2D eigenvalue weighted by molar-refractivity contribution is 5.86. The number of carbonyl (C=O) groups is 5. The molecule has 4 heterocycles. The Bertz CT molecular complexity index is 3590. The average Bonchev–Trinajstić information content (AvgIpc) is 1.33. The first-order valence-corrected chi connectivity index (χ1v) is 52.1. The topological polar surface area (TPSA) is 182 Å². The van der Waals surface area contributed by atoms with Gasteiger partial charge in [0.25, 0.3) is 0 Å². The molecule has 0 aromatic heterocycles. The van der Waals surface area contributed by atoms with Gasteiger partial charge in [0.15, 0.2) is 0 Å². The molecule has 1 unspecified atom stereocenters. The van der Waals surface area contributed by atoms with Crippen LogP contribution in [0.15, 0.2) is 0 Å². The molecule has 20 fully saturated rings. The lowest BCUT2D eigenvalue weighted by Gasteiger charge is -2.57. The normalized spacial score (nSPS) is 49.9. The number of nitrogens with zero attached hydrogens (tertiary/aromatic N) is 5. The highest BCUT2D eigenvalue weighted by atomic mass is 16.3. The number of ketones is 4. The molecule has 16 saturated carbocycles. The number of hydrogen-bond acceptors (Lipinski definition) is 13. The van der Waals surface area contributed by atoms with Crippen molar-refractivity contribution in [3.8, 4) is 0 Å². The molecule has 33 atom stereocenters. The maximum atomic E-state index is 13.5. The number of amides is 1. The van der Waals surface area contributed by atoms with E-state index in [1.807, 2.05) is 11.8 Å². The van der Waals surface area contributed by atoms with Gasteiger partial charge in [-0.15, -0.1) is 0 Å². The zero-order valence-electron chi connectivity index (χ0n) is 78.3. The molecule has 14 nitrogen and oxygen atoms in total. The Hall–Kier alpha value is -2.17. The monoisotopic (exact) mass is 1660 g/mol. The predicted octanol–water partition coefficient (Wildman–Crippen LogP) is 18.9. The van der Waals surface area contributed by atoms with Crippen LogP contribution in [0.3, 0.4) is 0 Å². The smallest absolute Gasteiger partial charge is 0.219 e. The van der Waals surface area contributed by atoms with Gasteiger partial charge in [-0.1, -0.05) is 48.5 Å². The number of carbonyl (C=O) groups excluding carboxylic acids is 5. The van der Waals surface area contributed by atoms with Crippen LogP contribution in [0.4, 0.5) is 0 Å². The zero-order chi connectivity index (χ0) is 84.5. The van der Waals surface area contributed by atoms with Crippen LogP contribution in [0.5, 0.6) is 0 Å². The maximum absolute atomic E-state index is 13.5. The largest absolute Gasteiger partial charge is 0.390 e. The van der Waals surface area contributed by atoms with Crippen molar-refractivity contribution in [1.29, 1.82) is 0 Å². The van der Waals surface area contributed by atoms with Crippen LogP contribution in [-0.2, 0) is 24.0 Å². The van der Waals surface area contributed by atoms with E-state index in [0.717, 1.165) is 273 Å². The molecule has 0 aromatic carbocycles. The van der Waals surface area contributed by atoms with Crippen molar-refractivity contribution in [2.75, 3.05) is 91.6 Å². The number of piperidine rings is 2. The Morgan fingerprint density at radius 3 is 0.850 bits per heavy atom. The first kappa shape index (κ1) is 89.8. The molecule has 4 N–H and O–H groups in total. The van der Waals surface area contributed by atoms with Crippen molar-refractivity contribution in [2.24, 2.45) is 181 Å². The summed E-state index contributed by atoms with van der Waals surface area (Å²) >= 11 is 0. The minimum absolute atomic E-state index is 0.148. The van der Waals surface area contributed by atoms with Crippen LogP contribution in [0.1, 0.15) is 340 Å². The number of fused-ring (bicyclic) bond motifs is 20. The number of likely N-dealkylation sites (tertiary alicyclic amines) is 3. The van der Waals surface area contributed by atoms with Crippen LogP contribution >= 0.6 is 0 Å². The summed E-state index contributed by atoms with van der Waals surface area (Å²) in [6.07, 6.45) is 48.6. The van der Waals surface area contributed by atoms with Gasteiger partial charge in [-0.05, 0) is 462 Å². The second-order valence-corrected chi connectivity index (χ2v) is 50.3. The first-order chi connectivity index (χ1) is 57.0. The van der Waals surface area contributed by atoms with Crippen LogP contribution < -0.4 is 0 Å². The molecule has 20 rings (SSSR count). The minimum Gasteiger partial charge on any atom is -0.390 e. The van der Waals surface area contributed by atoms with Crippen LogP contribution in [0.25, 0.3) is 0 Å². The Labute approximate surface area is 729 Å². The number of rotatable bonds is 12. The minimum atomic E-state index is -0.446. The highest BCUT2D eigenvalue weighted by Gasteiger charge is 2.65. The van der Waals surface area contributed by atoms with Gasteiger partial charge in [0.05, 0.1) is 48.6 Å². The zero-order valence-corrected chi connectivity index (χ0v) is 78.3. The second-order valence-electron chi connectivity index (χ2n) is 50.3. The number of Topliss-reactive ketones (excluding diaryl/α,β-unsaturated/α-hetero) is 4. The van der Waals surface area contributed by atoms with E-state index >= 15 is 0 Å². The maximum Gasteiger partial charge on any atom is 0.219 e. The van der Waals surface area contributed by atoms with Gasteiger partial charge in [-0.2, -0.15) is 0 Å². The molecule has 14 heteroatoms. The van der Waals surface area contributed by atoms with Gasteiger partial charge < -0.3 is 25.3 Å². The fourth-order valence-electron chi connectivity index (χ4n) is 36.6. The van der Waals surface area contributed by atoms with Crippen LogP contribution in [-0.4, -0.2) is 188 Å². The average molecular weight is 1660 g/mol. The van der Waals surface area contributed by atoms with E-state index in [1.54, 1.807) is 6.92 Å². The molecule has 120 heavy (non-hydrogen) atoms. The number of hydrogen-bond donors (Lipinski definition) is 4. The van der Waals surface area contributed by atoms with Crippen molar-refractivity contribution >= 4 is 29.0 Å². The number of aliphatic hydroxyl groups is 4. The second kappa shape index (κ2) is 35.3. The lowest BCUT2D eigenvalue weighted by atomic mass is 9.49.